The smallest absolute Gasteiger partial charge is 0.278 e. The molecule has 1 heterocycles. The Morgan fingerprint density at radius 3 is 2.59 bits per heavy atom. The minimum atomic E-state index is -0.894. The number of ether oxygens (including phenoxy) is 2. The first kappa shape index (κ1) is 11.6. The second-order valence-electron chi connectivity index (χ2n) is 3.79. The number of nitrogens with two attached hydrogens (primary N) is 1. The number of aliphatic hydroxyl groups excluding tert-OH is 1. The number of hydrogen-bond acceptors (Lipinski definition) is 6. The Kier molecular flexibility index (Phi) is 2.86. The molecule has 0 bridgehead atoms. The largest absolute Gasteiger partial charge is 0.454 e. The highest BCUT2D eigenvalue weighted by Crippen LogP contribution is 2.40. The molecule has 0 saturated heterocycles. The lowest BCUT2D eigenvalue weighted by atomic mass is 10.0. The third-order valence-corrected chi connectivity index (χ3v) is 2.60. The van der Waals surface area contributed by atoms with Gasteiger partial charge in [0.15, 0.2) is 11.5 Å². The molecular formula is C10H12N2O5. The Morgan fingerprint density at radius 2 is 2.06 bits per heavy atom. The molecule has 2 atom stereocenters. The van der Waals surface area contributed by atoms with E-state index in [2.05, 4.69) is 0 Å². The first-order valence-electron chi connectivity index (χ1n) is 5.02. The van der Waals surface area contributed by atoms with Crippen molar-refractivity contribution in [1.29, 1.82) is 0 Å². The molecule has 0 spiro atoms. The van der Waals surface area contributed by atoms with Gasteiger partial charge >= 0.3 is 0 Å². The van der Waals surface area contributed by atoms with Gasteiger partial charge in [-0.25, -0.2) is 0 Å². The molecule has 1 aliphatic rings. The van der Waals surface area contributed by atoms with Crippen LogP contribution in [0.3, 0.4) is 0 Å². The van der Waals surface area contributed by atoms with Gasteiger partial charge < -0.3 is 20.3 Å². The highest BCUT2D eigenvalue weighted by atomic mass is 16.7. The molecule has 0 unspecified atom stereocenters. The fraction of sp³-hybridized carbons (Fsp3) is 0.400. The summed E-state index contributed by atoms with van der Waals surface area (Å²) in [6.07, 6.45) is -0.894. The number of hydrogen-bond donors (Lipinski definition) is 2. The van der Waals surface area contributed by atoms with Crippen molar-refractivity contribution in [1.82, 2.24) is 0 Å². The maximum Gasteiger partial charge on any atom is 0.278 e. The summed E-state index contributed by atoms with van der Waals surface area (Å²) < 4.78 is 10.2. The zero-order valence-corrected chi connectivity index (χ0v) is 9.12. The molecule has 0 amide bonds. The van der Waals surface area contributed by atoms with Gasteiger partial charge in [0.2, 0.25) is 6.79 Å². The SMILES string of the molecule is C[C@@H](O)[C@@H](N)c1cc2c(cc1[N+](=O)[O-])OCO2. The zero-order valence-electron chi connectivity index (χ0n) is 9.12. The van der Waals surface area contributed by atoms with Gasteiger partial charge in [-0.3, -0.25) is 10.1 Å². The first-order valence-corrected chi connectivity index (χ1v) is 5.02. The van der Waals surface area contributed by atoms with Gasteiger partial charge in [0.25, 0.3) is 5.69 Å². The number of aliphatic hydroxyl groups is 1. The van der Waals surface area contributed by atoms with Gasteiger partial charge in [0, 0.05) is 0 Å². The van der Waals surface area contributed by atoms with E-state index in [1.807, 2.05) is 0 Å². The summed E-state index contributed by atoms with van der Waals surface area (Å²) >= 11 is 0. The zero-order chi connectivity index (χ0) is 12.6. The Bertz CT molecular complexity index is 460. The molecule has 0 saturated carbocycles. The van der Waals surface area contributed by atoms with Crippen molar-refractivity contribution in [3.63, 3.8) is 0 Å². The van der Waals surface area contributed by atoms with E-state index in [4.69, 9.17) is 15.2 Å². The van der Waals surface area contributed by atoms with Crippen molar-refractivity contribution in [2.24, 2.45) is 5.73 Å². The van der Waals surface area contributed by atoms with E-state index in [-0.39, 0.29) is 18.0 Å². The average molecular weight is 240 g/mol. The molecule has 0 aromatic heterocycles. The summed E-state index contributed by atoms with van der Waals surface area (Å²) in [4.78, 5) is 10.4. The lowest BCUT2D eigenvalue weighted by Gasteiger charge is -2.15. The molecule has 2 rings (SSSR count). The number of nitro benzene ring substituents is 1. The van der Waals surface area contributed by atoms with Crippen LogP contribution >= 0.6 is 0 Å². The molecule has 7 heteroatoms. The molecule has 7 nitrogen and oxygen atoms in total. The van der Waals surface area contributed by atoms with Crippen molar-refractivity contribution in [2.45, 2.75) is 19.1 Å². The minimum Gasteiger partial charge on any atom is -0.454 e. The van der Waals surface area contributed by atoms with Crippen LogP contribution in [0.1, 0.15) is 18.5 Å². The molecule has 17 heavy (non-hydrogen) atoms. The fourth-order valence-electron chi connectivity index (χ4n) is 1.63. The third-order valence-electron chi connectivity index (χ3n) is 2.60. The molecule has 92 valence electrons. The van der Waals surface area contributed by atoms with Crippen LogP contribution in [0, 0.1) is 10.1 Å². The highest BCUT2D eigenvalue weighted by Gasteiger charge is 2.28. The van der Waals surface area contributed by atoms with E-state index in [0.717, 1.165) is 0 Å². The molecule has 0 aliphatic carbocycles. The second kappa shape index (κ2) is 4.19. The Morgan fingerprint density at radius 1 is 1.47 bits per heavy atom. The fourth-order valence-corrected chi connectivity index (χ4v) is 1.63. The van der Waals surface area contributed by atoms with E-state index >= 15 is 0 Å². The van der Waals surface area contributed by atoms with Gasteiger partial charge in [0.05, 0.1) is 28.7 Å². The summed E-state index contributed by atoms with van der Waals surface area (Å²) in [6, 6.07) is 1.86. The number of nitro groups is 1. The third kappa shape index (κ3) is 2.02. The highest BCUT2D eigenvalue weighted by molar-refractivity contribution is 5.56. The number of nitrogens with zero attached hydrogens (tertiary/aromatic N) is 1. The minimum absolute atomic E-state index is 0.0276. The van der Waals surface area contributed by atoms with Gasteiger partial charge in [-0.05, 0) is 13.0 Å². The Hall–Kier alpha value is -1.86. The Balaban J connectivity index is 2.52. The van der Waals surface area contributed by atoms with Gasteiger partial charge in [-0.15, -0.1) is 0 Å². The predicted molar refractivity (Wildman–Crippen MR) is 57.8 cm³/mol. The summed E-state index contributed by atoms with van der Waals surface area (Å²) in [5.41, 5.74) is 5.77. The molecular weight excluding hydrogens is 228 g/mol. The van der Waals surface area contributed by atoms with Crippen molar-refractivity contribution < 1.29 is 19.5 Å². The standard InChI is InChI=1S/C10H12N2O5/c1-5(13)10(11)6-2-8-9(17-4-16-8)3-7(6)12(14)15/h2-3,5,10,13H,4,11H2,1H3/t5-,10-/m1/s1. The molecule has 1 aromatic carbocycles. The van der Waals surface area contributed by atoms with Crippen LogP contribution in [-0.2, 0) is 0 Å². The lowest BCUT2D eigenvalue weighted by molar-refractivity contribution is -0.385. The summed E-state index contributed by atoms with van der Waals surface area (Å²) in [5, 5.41) is 20.3. The molecule has 0 fully saturated rings. The second-order valence-corrected chi connectivity index (χ2v) is 3.79. The molecule has 1 aromatic rings. The monoisotopic (exact) mass is 240 g/mol. The topological polar surface area (TPSA) is 108 Å². The van der Waals surface area contributed by atoms with Crippen molar-refractivity contribution >= 4 is 5.69 Å². The van der Waals surface area contributed by atoms with Crippen LogP contribution < -0.4 is 15.2 Å². The lowest BCUT2D eigenvalue weighted by Crippen LogP contribution is -2.24. The average Bonchev–Trinajstić information content (AvgIpc) is 2.72. The van der Waals surface area contributed by atoms with Crippen molar-refractivity contribution in [2.75, 3.05) is 6.79 Å². The van der Waals surface area contributed by atoms with E-state index in [9.17, 15) is 15.2 Å². The van der Waals surface area contributed by atoms with E-state index in [1.165, 1.54) is 19.1 Å². The van der Waals surface area contributed by atoms with Crippen molar-refractivity contribution in [3.8, 4) is 11.5 Å². The van der Waals surface area contributed by atoms with Crippen molar-refractivity contribution in [3.05, 3.63) is 27.8 Å². The molecule has 1 aliphatic heterocycles. The van der Waals surface area contributed by atoms with Crippen LogP contribution in [0.2, 0.25) is 0 Å². The van der Waals surface area contributed by atoms with Gasteiger partial charge in [0.1, 0.15) is 0 Å². The van der Waals surface area contributed by atoms with Gasteiger partial charge in [-0.1, -0.05) is 0 Å². The summed E-state index contributed by atoms with van der Waals surface area (Å²) in [6.45, 7) is 1.50. The first-order chi connectivity index (χ1) is 8.00. The van der Waals surface area contributed by atoms with Gasteiger partial charge in [-0.2, -0.15) is 0 Å². The van der Waals surface area contributed by atoms with E-state index < -0.39 is 17.1 Å². The quantitative estimate of drug-likeness (QED) is 0.594. The van der Waals surface area contributed by atoms with Crippen LogP contribution in [-0.4, -0.2) is 22.9 Å². The predicted octanol–water partition coefficient (Wildman–Crippen LogP) is 0.704. The van der Waals surface area contributed by atoms with E-state index in [1.54, 1.807) is 0 Å². The van der Waals surface area contributed by atoms with E-state index in [0.29, 0.717) is 11.5 Å². The molecule has 0 radical (unpaired) electrons. The summed E-state index contributed by atoms with van der Waals surface area (Å²) in [7, 11) is 0. The van der Waals surface area contributed by atoms with Crippen LogP contribution in [0.5, 0.6) is 11.5 Å². The number of fused-ring (bicyclic) bond motifs is 1. The maximum atomic E-state index is 10.9. The maximum absolute atomic E-state index is 10.9. The van der Waals surface area contributed by atoms with Crippen LogP contribution in [0.15, 0.2) is 12.1 Å². The van der Waals surface area contributed by atoms with Crippen LogP contribution in [0.4, 0.5) is 5.69 Å². The van der Waals surface area contributed by atoms with Crippen LogP contribution in [0.25, 0.3) is 0 Å². The number of benzene rings is 1. The normalized spacial score (nSPS) is 16.6. The number of rotatable bonds is 3. The molecule has 3 N–H and O–H groups in total. The Labute approximate surface area is 96.9 Å². The summed E-state index contributed by atoms with van der Waals surface area (Å²) in [5.74, 6) is 0.722.